The van der Waals surface area contributed by atoms with Crippen LogP contribution < -0.4 is 0 Å². The van der Waals surface area contributed by atoms with Crippen LogP contribution in [0, 0.1) is 0 Å². The number of aromatic nitrogens is 6. The van der Waals surface area contributed by atoms with Crippen molar-refractivity contribution in [2.24, 2.45) is 0 Å². The molecular weight excluding hydrogens is 520 g/mol. The molecule has 9 rings (SSSR count). The number of pyridine rings is 2. The van der Waals surface area contributed by atoms with E-state index in [1.807, 2.05) is 54.7 Å². The fraction of sp³-hybridized carbons (Fsp3) is 0. The second-order valence-corrected chi connectivity index (χ2v) is 10.2. The maximum Gasteiger partial charge on any atom is 0.182 e. The third-order valence-electron chi connectivity index (χ3n) is 7.82. The molecule has 0 unspecified atom stereocenters. The van der Waals surface area contributed by atoms with Gasteiger partial charge in [-0.1, -0.05) is 66.7 Å². The van der Waals surface area contributed by atoms with Crippen LogP contribution in [0.5, 0.6) is 0 Å². The number of nitrogens with zero attached hydrogens (tertiary/aromatic N) is 6. The lowest BCUT2D eigenvalue weighted by atomic mass is 10.1. The maximum absolute atomic E-state index is 5.63. The fourth-order valence-electron chi connectivity index (χ4n) is 5.90. The number of para-hydroxylation sites is 2. The van der Waals surface area contributed by atoms with Crippen molar-refractivity contribution in [1.82, 2.24) is 29.5 Å². The van der Waals surface area contributed by atoms with Crippen molar-refractivity contribution < 1.29 is 4.42 Å². The maximum atomic E-state index is 5.63. The molecule has 9 aromatic rings. The fourth-order valence-corrected chi connectivity index (χ4v) is 5.90. The van der Waals surface area contributed by atoms with Crippen LogP contribution in [-0.4, -0.2) is 29.5 Å². The zero-order valence-corrected chi connectivity index (χ0v) is 22.1. The minimum Gasteiger partial charge on any atom is -0.443 e. The molecule has 0 fully saturated rings. The van der Waals surface area contributed by atoms with Gasteiger partial charge in [-0.25, -0.2) is 24.9 Å². The number of fused-ring (bicyclic) bond motifs is 7. The Morgan fingerprint density at radius 1 is 0.571 bits per heavy atom. The molecule has 0 bridgehead atoms. The first kappa shape index (κ1) is 22.8. The normalized spacial score (nSPS) is 11.8. The van der Waals surface area contributed by atoms with Gasteiger partial charge in [0.25, 0.3) is 0 Å². The van der Waals surface area contributed by atoms with Crippen LogP contribution >= 0.6 is 0 Å². The Kier molecular flexibility index (Phi) is 4.77. The molecule has 0 aliphatic heterocycles. The van der Waals surface area contributed by atoms with E-state index in [0.29, 0.717) is 16.9 Å². The van der Waals surface area contributed by atoms with Crippen molar-refractivity contribution >= 4 is 54.8 Å². The molecule has 42 heavy (non-hydrogen) atoms. The summed E-state index contributed by atoms with van der Waals surface area (Å²) < 4.78 is 7.76. The van der Waals surface area contributed by atoms with Gasteiger partial charge in [0.05, 0.1) is 16.7 Å². The Morgan fingerprint density at radius 2 is 1.43 bits per heavy atom. The second-order valence-electron chi connectivity index (χ2n) is 10.2. The van der Waals surface area contributed by atoms with Crippen LogP contribution in [0.4, 0.5) is 0 Å². The van der Waals surface area contributed by atoms with Crippen molar-refractivity contribution in [2.45, 2.75) is 0 Å². The summed E-state index contributed by atoms with van der Waals surface area (Å²) in [6.07, 6.45) is 3.28. The number of benzene rings is 4. The minimum absolute atomic E-state index is 0.540. The van der Waals surface area contributed by atoms with Crippen molar-refractivity contribution in [3.8, 4) is 28.5 Å². The van der Waals surface area contributed by atoms with E-state index in [0.717, 1.165) is 66.4 Å². The average Bonchev–Trinajstić information content (AvgIpc) is 3.67. The molecule has 0 saturated carbocycles. The van der Waals surface area contributed by atoms with Gasteiger partial charge < -0.3 is 4.42 Å². The zero-order valence-electron chi connectivity index (χ0n) is 22.1. The molecule has 0 spiro atoms. The first-order chi connectivity index (χ1) is 20.8. The summed E-state index contributed by atoms with van der Waals surface area (Å²) in [5, 5.41) is 4.05. The quantitative estimate of drug-likeness (QED) is 0.210. The third-order valence-corrected chi connectivity index (χ3v) is 7.82. The van der Waals surface area contributed by atoms with Gasteiger partial charge in [-0.05, 0) is 42.5 Å². The van der Waals surface area contributed by atoms with Crippen LogP contribution in [-0.2, 0) is 0 Å². The molecule has 0 atom stereocenters. The summed E-state index contributed by atoms with van der Waals surface area (Å²) in [4.78, 5) is 24.9. The predicted octanol–water partition coefficient (Wildman–Crippen LogP) is 8.15. The molecule has 5 heterocycles. The molecule has 0 aliphatic carbocycles. The van der Waals surface area contributed by atoms with Crippen LogP contribution in [0.25, 0.3) is 83.3 Å². The summed E-state index contributed by atoms with van der Waals surface area (Å²) in [5.41, 5.74) is 7.51. The number of hydrogen-bond donors (Lipinski definition) is 0. The van der Waals surface area contributed by atoms with Gasteiger partial charge in [0.2, 0.25) is 0 Å². The van der Waals surface area contributed by atoms with Crippen LogP contribution in [0.15, 0.2) is 126 Å². The number of rotatable bonds is 3. The van der Waals surface area contributed by atoms with Gasteiger partial charge in [-0.2, -0.15) is 0 Å². The van der Waals surface area contributed by atoms with E-state index in [9.17, 15) is 0 Å². The van der Waals surface area contributed by atoms with Gasteiger partial charge in [-0.3, -0.25) is 4.57 Å². The lowest BCUT2D eigenvalue weighted by molar-refractivity contribution is 0.602. The second kappa shape index (κ2) is 8.78. The summed E-state index contributed by atoms with van der Waals surface area (Å²) >= 11 is 0. The zero-order chi connectivity index (χ0) is 27.6. The average molecular weight is 541 g/mol. The molecule has 0 N–H and O–H groups in total. The SMILES string of the molecule is c1ccc(-c2ccc3ccc4c(-n5c6ccccc6c6cccnc65)nc(-c5cccc6ocnc56)nc4c3n2)cc1. The lowest BCUT2D eigenvalue weighted by Crippen LogP contribution is -2.04. The highest BCUT2D eigenvalue weighted by Crippen LogP contribution is 2.36. The van der Waals surface area contributed by atoms with E-state index in [4.69, 9.17) is 24.4 Å². The monoisotopic (exact) mass is 540 g/mol. The van der Waals surface area contributed by atoms with Crippen molar-refractivity contribution in [3.05, 3.63) is 122 Å². The van der Waals surface area contributed by atoms with E-state index in [2.05, 4.69) is 70.2 Å². The smallest absolute Gasteiger partial charge is 0.182 e. The molecular formula is C35H20N6O. The summed E-state index contributed by atoms with van der Waals surface area (Å²) in [7, 11) is 0. The Morgan fingerprint density at radius 3 is 2.38 bits per heavy atom. The molecule has 196 valence electrons. The van der Waals surface area contributed by atoms with Crippen LogP contribution in [0.3, 0.4) is 0 Å². The standard InChI is InChI=1S/C35H20N6O/c1-2-8-21(9-3-1)27-18-16-22-15-17-26-32(30(22)38-27)39-33(25-11-6-14-29-31(25)37-20-42-29)40-35(26)41-28-13-5-4-10-23(28)24-12-7-19-36-34(24)41/h1-20H. The highest BCUT2D eigenvalue weighted by Gasteiger charge is 2.21. The van der Waals surface area contributed by atoms with E-state index in [-0.39, 0.29) is 0 Å². The highest BCUT2D eigenvalue weighted by atomic mass is 16.3. The molecule has 7 nitrogen and oxygen atoms in total. The highest BCUT2D eigenvalue weighted by molar-refractivity contribution is 6.11. The van der Waals surface area contributed by atoms with E-state index in [1.165, 1.54) is 6.39 Å². The largest absolute Gasteiger partial charge is 0.443 e. The molecule has 0 saturated heterocycles. The van der Waals surface area contributed by atoms with E-state index in [1.54, 1.807) is 0 Å². The Hall–Kier alpha value is -5.95. The summed E-state index contributed by atoms with van der Waals surface area (Å²) in [5.74, 6) is 1.27. The number of oxazole rings is 1. The van der Waals surface area contributed by atoms with Crippen LogP contribution in [0.2, 0.25) is 0 Å². The van der Waals surface area contributed by atoms with Gasteiger partial charge in [0.1, 0.15) is 16.7 Å². The first-order valence-corrected chi connectivity index (χ1v) is 13.7. The van der Waals surface area contributed by atoms with Crippen LogP contribution in [0.1, 0.15) is 0 Å². The minimum atomic E-state index is 0.540. The molecule has 0 radical (unpaired) electrons. The Bertz CT molecular complexity index is 2430. The number of hydrogen-bond acceptors (Lipinski definition) is 6. The molecule has 0 amide bonds. The first-order valence-electron chi connectivity index (χ1n) is 13.7. The van der Waals surface area contributed by atoms with Crippen molar-refractivity contribution in [2.75, 3.05) is 0 Å². The van der Waals surface area contributed by atoms with E-state index >= 15 is 0 Å². The van der Waals surface area contributed by atoms with Gasteiger partial charge in [0, 0.05) is 38.9 Å². The summed E-state index contributed by atoms with van der Waals surface area (Å²) in [6, 6.07) is 36.7. The van der Waals surface area contributed by atoms with E-state index < -0.39 is 0 Å². The van der Waals surface area contributed by atoms with Crippen molar-refractivity contribution in [3.63, 3.8) is 0 Å². The third kappa shape index (κ3) is 3.31. The summed E-state index contributed by atoms with van der Waals surface area (Å²) in [6.45, 7) is 0. The van der Waals surface area contributed by atoms with Crippen molar-refractivity contribution in [1.29, 1.82) is 0 Å². The predicted molar refractivity (Wildman–Crippen MR) is 165 cm³/mol. The Labute approximate surface area is 238 Å². The van der Waals surface area contributed by atoms with Gasteiger partial charge in [-0.15, -0.1) is 0 Å². The van der Waals surface area contributed by atoms with Gasteiger partial charge >= 0.3 is 0 Å². The van der Waals surface area contributed by atoms with Gasteiger partial charge in [0.15, 0.2) is 23.6 Å². The molecule has 0 aliphatic rings. The lowest BCUT2D eigenvalue weighted by Gasteiger charge is -2.14. The molecule has 5 aromatic heterocycles. The Balaban J connectivity index is 1.45. The topological polar surface area (TPSA) is 82.5 Å². The molecule has 4 aromatic carbocycles. The molecule has 7 heteroatoms.